The van der Waals surface area contributed by atoms with Gasteiger partial charge in [-0.25, -0.2) is 8.42 Å². The molecule has 0 unspecified atom stereocenters. The van der Waals surface area contributed by atoms with Gasteiger partial charge in [0.25, 0.3) is 5.91 Å². The maximum absolute atomic E-state index is 13.2. The van der Waals surface area contributed by atoms with Crippen LogP contribution in [0.4, 0.5) is 0 Å². The van der Waals surface area contributed by atoms with Crippen LogP contribution >= 0.6 is 0 Å². The summed E-state index contributed by atoms with van der Waals surface area (Å²) in [5, 5.41) is 3.12. The third-order valence-electron chi connectivity index (χ3n) is 6.74. The summed E-state index contributed by atoms with van der Waals surface area (Å²) < 4.78 is 28.0. The maximum Gasteiger partial charge on any atom is 0.251 e. The first-order chi connectivity index (χ1) is 15.4. The summed E-state index contributed by atoms with van der Waals surface area (Å²) >= 11 is 0. The SMILES string of the molecule is C[C@@H]1CCCC[C@H]1NC(=O)c1cccc(S(=O)(=O)N2CCN(Cc3ccccc3)CC2)c1. The Bertz CT molecular complexity index is 1020. The van der Waals surface area contributed by atoms with Crippen LogP contribution in [0.3, 0.4) is 0 Å². The number of piperazine rings is 1. The van der Waals surface area contributed by atoms with E-state index in [9.17, 15) is 13.2 Å². The Labute approximate surface area is 191 Å². The average molecular weight is 456 g/mol. The number of hydrogen-bond donors (Lipinski definition) is 1. The van der Waals surface area contributed by atoms with Gasteiger partial charge in [0.1, 0.15) is 0 Å². The molecule has 2 atom stereocenters. The molecule has 0 radical (unpaired) electrons. The van der Waals surface area contributed by atoms with Crippen molar-refractivity contribution < 1.29 is 13.2 Å². The Kier molecular flexibility index (Phi) is 7.28. The van der Waals surface area contributed by atoms with Crippen molar-refractivity contribution in [3.05, 3.63) is 65.7 Å². The van der Waals surface area contributed by atoms with Gasteiger partial charge in [-0.3, -0.25) is 9.69 Å². The molecular formula is C25H33N3O3S. The lowest BCUT2D eigenvalue weighted by atomic mass is 9.86. The highest BCUT2D eigenvalue weighted by atomic mass is 32.2. The van der Waals surface area contributed by atoms with E-state index in [-0.39, 0.29) is 16.8 Å². The van der Waals surface area contributed by atoms with Gasteiger partial charge in [0, 0.05) is 44.3 Å². The van der Waals surface area contributed by atoms with Gasteiger partial charge >= 0.3 is 0 Å². The number of sulfonamides is 1. The van der Waals surface area contributed by atoms with Crippen LogP contribution in [0.15, 0.2) is 59.5 Å². The van der Waals surface area contributed by atoms with Gasteiger partial charge in [0.15, 0.2) is 0 Å². The van der Waals surface area contributed by atoms with Crippen molar-refractivity contribution in [1.29, 1.82) is 0 Å². The second kappa shape index (κ2) is 10.1. The highest BCUT2D eigenvalue weighted by Gasteiger charge is 2.29. The van der Waals surface area contributed by atoms with E-state index in [0.29, 0.717) is 37.7 Å². The molecule has 6 nitrogen and oxygen atoms in total. The van der Waals surface area contributed by atoms with Crippen LogP contribution in [0.5, 0.6) is 0 Å². The molecular weight excluding hydrogens is 422 g/mol. The van der Waals surface area contributed by atoms with Gasteiger partial charge in [-0.05, 0) is 42.5 Å². The van der Waals surface area contributed by atoms with Crippen LogP contribution in [-0.4, -0.2) is 55.8 Å². The first-order valence-electron chi connectivity index (χ1n) is 11.6. The fourth-order valence-electron chi connectivity index (χ4n) is 4.70. The zero-order valence-corrected chi connectivity index (χ0v) is 19.6. The van der Waals surface area contributed by atoms with Crippen LogP contribution in [0, 0.1) is 5.92 Å². The van der Waals surface area contributed by atoms with Gasteiger partial charge in [-0.1, -0.05) is 56.2 Å². The maximum atomic E-state index is 13.2. The largest absolute Gasteiger partial charge is 0.349 e. The number of carbonyl (C=O) groups excluding carboxylic acids is 1. The minimum absolute atomic E-state index is 0.161. The number of hydrogen-bond acceptors (Lipinski definition) is 4. The van der Waals surface area contributed by atoms with Crippen LogP contribution in [-0.2, 0) is 16.6 Å². The molecule has 1 saturated carbocycles. The molecule has 1 saturated heterocycles. The Balaban J connectivity index is 1.39. The third kappa shape index (κ3) is 5.39. The number of carbonyl (C=O) groups is 1. The molecule has 2 aromatic carbocycles. The van der Waals surface area contributed by atoms with E-state index < -0.39 is 10.0 Å². The van der Waals surface area contributed by atoms with E-state index in [0.717, 1.165) is 25.8 Å². The first-order valence-corrected chi connectivity index (χ1v) is 13.0. The number of nitrogens with one attached hydrogen (secondary N) is 1. The van der Waals surface area contributed by atoms with Crippen LogP contribution in [0.25, 0.3) is 0 Å². The van der Waals surface area contributed by atoms with E-state index in [4.69, 9.17) is 0 Å². The number of benzene rings is 2. The van der Waals surface area contributed by atoms with Crippen molar-refractivity contribution in [1.82, 2.24) is 14.5 Å². The predicted octanol–water partition coefficient (Wildman–Crippen LogP) is 3.50. The molecule has 172 valence electrons. The highest BCUT2D eigenvalue weighted by molar-refractivity contribution is 7.89. The Morgan fingerprint density at radius 1 is 0.969 bits per heavy atom. The Morgan fingerprint density at radius 2 is 1.69 bits per heavy atom. The van der Waals surface area contributed by atoms with Gasteiger partial charge in [-0.15, -0.1) is 0 Å². The van der Waals surface area contributed by atoms with E-state index in [1.54, 1.807) is 18.2 Å². The van der Waals surface area contributed by atoms with E-state index >= 15 is 0 Å². The smallest absolute Gasteiger partial charge is 0.251 e. The van der Waals surface area contributed by atoms with Crippen molar-refractivity contribution in [2.45, 2.75) is 50.1 Å². The minimum Gasteiger partial charge on any atom is -0.349 e. The van der Waals surface area contributed by atoms with Crippen molar-refractivity contribution in [2.24, 2.45) is 5.92 Å². The van der Waals surface area contributed by atoms with Gasteiger partial charge in [-0.2, -0.15) is 4.31 Å². The summed E-state index contributed by atoms with van der Waals surface area (Å²) in [5.41, 5.74) is 1.64. The summed E-state index contributed by atoms with van der Waals surface area (Å²) in [5.74, 6) is 0.264. The Hall–Kier alpha value is -2.22. The number of rotatable bonds is 6. The lowest BCUT2D eigenvalue weighted by molar-refractivity contribution is 0.0910. The molecule has 1 amide bonds. The second-order valence-electron chi connectivity index (χ2n) is 9.04. The molecule has 0 aromatic heterocycles. The second-order valence-corrected chi connectivity index (χ2v) is 11.0. The van der Waals surface area contributed by atoms with Crippen molar-refractivity contribution in [2.75, 3.05) is 26.2 Å². The van der Waals surface area contributed by atoms with E-state index in [1.165, 1.54) is 22.4 Å². The molecule has 0 spiro atoms. The topological polar surface area (TPSA) is 69.7 Å². The predicted molar refractivity (Wildman–Crippen MR) is 126 cm³/mol. The molecule has 32 heavy (non-hydrogen) atoms. The summed E-state index contributed by atoms with van der Waals surface area (Å²) in [4.78, 5) is 15.3. The molecule has 2 fully saturated rings. The van der Waals surface area contributed by atoms with E-state index in [1.807, 2.05) is 18.2 Å². The molecule has 1 aliphatic heterocycles. The van der Waals surface area contributed by atoms with Crippen molar-refractivity contribution >= 4 is 15.9 Å². The highest BCUT2D eigenvalue weighted by Crippen LogP contribution is 2.25. The quantitative estimate of drug-likeness (QED) is 0.724. The molecule has 7 heteroatoms. The van der Waals surface area contributed by atoms with Crippen LogP contribution in [0.1, 0.15) is 48.5 Å². The van der Waals surface area contributed by atoms with Crippen LogP contribution < -0.4 is 5.32 Å². The summed E-state index contributed by atoms with van der Waals surface area (Å²) in [6.45, 7) is 5.27. The molecule has 2 aliphatic rings. The lowest BCUT2D eigenvalue weighted by Crippen LogP contribution is -2.48. The average Bonchev–Trinajstić information content (AvgIpc) is 2.82. The molecule has 0 bridgehead atoms. The monoisotopic (exact) mass is 455 g/mol. The fourth-order valence-corrected chi connectivity index (χ4v) is 6.17. The van der Waals surface area contributed by atoms with Gasteiger partial charge < -0.3 is 5.32 Å². The third-order valence-corrected chi connectivity index (χ3v) is 8.64. The Morgan fingerprint density at radius 3 is 2.41 bits per heavy atom. The van der Waals surface area contributed by atoms with Gasteiger partial charge in [0.2, 0.25) is 10.0 Å². The minimum atomic E-state index is -3.63. The lowest BCUT2D eigenvalue weighted by Gasteiger charge is -2.34. The molecule has 1 N–H and O–H groups in total. The fraction of sp³-hybridized carbons (Fsp3) is 0.480. The normalized spacial score (nSPS) is 23.0. The first kappa shape index (κ1) is 23.0. The summed E-state index contributed by atoms with van der Waals surface area (Å²) in [6.07, 6.45) is 4.44. The van der Waals surface area contributed by atoms with Crippen molar-refractivity contribution in [3.63, 3.8) is 0 Å². The summed E-state index contributed by atoms with van der Waals surface area (Å²) in [7, 11) is -3.63. The zero-order chi connectivity index (χ0) is 22.6. The molecule has 2 aromatic rings. The standard InChI is InChI=1S/C25H33N3O3S/c1-20-8-5-6-13-24(20)26-25(29)22-11-7-12-23(18-22)32(30,31)28-16-14-27(15-17-28)19-21-9-3-2-4-10-21/h2-4,7,9-12,18,20,24H,5-6,8,13-17,19H2,1H3,(H,26,29)/t20-,24-/m1/s1. The molecule has 1 heterocycles. The molecule has 4 rings (SSSR count). The van der Waals surface area contributed by atoms with Crippen LogP contribution in [0.2, 0.25) is 0 Å². The zero-order valence-electron chi connectivity index (χ0n) is 18.7. The number of amides is 1. The molecule has 1 aliphatic carbocycles. The van der Waals surface area contributed by atoms with E-state index in [2.05, 4.69) is 29.3 Å². The number of nitrogens with zero attached hydrogens (tertiary/aromatic N) is 2. The van der Waals surface area contributed by atoms with Crippen molar-refractivity contribution in [3.8, 4) is 0 Å². The van der Waals surface area contributed by atoms with Gasteiger partial charge in [0.05, 0.1) is 4.90 Å². The summed E-state index contributed by atoms with van der Waals surface area (Å²) in [6, 6.07) is 16.9.